The molecule has 0 aliphatic carbocycles. The van der Waals surface area contributed by atoms with Crippen molar-refractivity contribution in [1.29, 1.82) is 0 Å². The average molecular weight is 898 g/mol. The Hall–Kier alpha value is -3.21. The fourth-order valence-corrected chi connectivity index (χ4v) is 7.54. The number of unbranched alkanes of at least 4 members (excludes halogenated alkanes) is 23. The highest BCUT2D eigenvalue weighted by molar-refractivity contribution is 5.76. The maximum absolute atomic E-state index is 12.5. The lowest BCUT2D eigenvalue weighted by molar-refractivity contribution is -0.123. The third kappa shape index (κ3) is 51.6. The highest BCUT2D eigenvalue weighted by Crippen LogP contribution is 2.15. The predicted octanol–water partition coefficient (Wildman–Crippen LogP) is 18.1. The van der Waals surface area contributed by atoms with Crippen LogP contribution in [0.5, 0.6) is 0 Å². The molecule has 0 saturated carbocycles. The van der Waals surface area contributed by atoms with E-state index in [1.807, 2.05) is 6.08 Å². The van der Waals surface area contributed by atoms with E-state index in [-0.39, 0.29) is 12.5 Å². The van der Waals surface area contributed by atoms with Crippen molar-refractivity contribution in [3.05, 3.63) is 122 Å². The van der Waals surface area contributed by atoms with Crippen LogP contribution in [-0.4, -0.2) is 34.9 Å². The van der Waals surface area contributed by atoms with Crippen LogP contribution in [0.2, 0.25) is 0 Å². The van der Waals surface area contributed by atoms with Gasteiger partial charge >= 0.3 is 0 Å². The van der Waals surface area contributed by atoms with Crippen molar-refractivity contribution in [3.63, 3.8) is 0 Å². The molecule has 3 N–H and O–H groups in total. The molecule has 0 radical (unpaired) electrons. The number of carbonyl (C=O) groups excluding carboxylic acids is 1. The van der Waals surface area contributed by atoms with Gasteiger partial charge in [-0.2, -0.15) is 0 Å². The Bertz CT molecular complexity index is 1290. The van der Waals surface area contributed by atoms with Crippen molar-refractivity contribution in [2.75, 3.05) is 6.61 Å². The SMILES string of the molecule is CC/C=C\C/C=C\C/C=C\C/C=C\C/C=C\C/C=C\C/C=C\CCCCCCCC(=O)NC(CO)C(O)/C=C/CC/C=C/CC/C=C/CCCCCCCCCCCCCCCCCC. The molecule has 2 unspecified atom stereocenters. The summed E-state index contributed by atoms with van der Waals surface area (Å²) in [5.41, 5.74) is 0. The van der Waals surface area contributed by atoms with Crippen LogP contribution in [0.1, 0.15) is 239 Å². The molecule has 370 valence electrons. The summed E-state index contributed by atoms with van der Waals surface area (Å²) in [5.74, 6) is -0.101. The van der Waals surface area contributed by atoms with Gasteiger partial charge in [-0.25, -0.2) is 0 Å². The van der Waals surface area contributed by atoms with Gasteiger partial charge in [0, 0.05) is 6.42 Å². The number of aliphatic hydroxyl groups excluding tert-OH is 2. The molecule has 2 atom stereocenters. The number of hydrogen-bond acceptors (Lipinski definition) is 3. The van der Waals surface area contributed by atoms with Gasteiger partial charge in [-0.3, -0.25) is 4.79 Å². The van der Waals surface area contributed by atoms with Crippen LogP contribution in [0.15, 0.2) is 122 Å². The first-order valence-corrected chi connectivity index (χ1v) is 27.2. The minimum atomic E-state index is -0.889. The second-order valence-corrected chi connectivity index (χ2v) is 17.9. The summed E-state index contributed by atoms with van der Waals surface area (Å²) in [7, 11) is 0. The molecule has 65 heavy (non-hydrogen) atoms. The van der Waals surface area contributed by atoms with Crippen molar-refractivity contribution in [2.45, 2.75) is 251 Å². The second-order valence-electron chi connectivity index (χ2n) is 17.9. The van der Waals surface area contributed by atoms with Gasteiger partial charge in [0.25, 0.3) is 0 Å². The van der Waals surface area contributed by atoms with Crippen molar-refractivity contribution < 1.29 is 15.0 Å². The number of nitrogens with one attached hydrogen (secondary N) is 1. The van der Waals surface area contributed by atoms with Gasteiger partial charge in [0.05, 0.1) is 18.8 Å². The van der Waals surface area contributed by atoms with Crippen LogP contribution >= 0.6 is 0 Å². The summed E-state index contributed by atoms with van der Waals surface area (Å²) in [4.78, 5) is 12.5. The van der Waals surface area contributed by atoms with E-state index in [0.29, 0.717) is 6.42 Å². The number of aliphatic hydroxyl groups is 2. The van der Waals surface area contributed by atoms with Gasteiger partial charge in [0.1, 0.15) is 0 Å². The maximum Gasteiger partial charge on any atom is 0.220 e. The standard InChI is InChI=1S/C61H103NO3/c1-3-5-7-9-11-13-15-17-19-21-23-25-27-29-31-33-35-37-39-41-43-45-47-49-51-53-55-57-61(65)62-59(58-63)60(64)56-54-52-50-48-46-44-42-40-38-36-34-32-30-28-26-24-22-20-18-16-14-12-10-8-6-4-2/h5,7,11,13,17,19,23,25,29,31,35,37-38,40-41,43,46,48,54,56,59-60,63-64H,3-4,6,8-10,12,14-16,18,20-22,24,26-28,30,32-34,36,39,42,44-45,47,49-53,55,57-58H2,1-2H3,(H,62,65)/b7-5-,13-11-,19-17-,25-23-,31-29-,37-35-,40-38+,43-41-,48-46+,56-54+. The summed E-state index contributed by atoms with van der Waals surface area (Å²) in [6.07, 6.45) is 84.9. The molecule has 0 fully saturated rings. The highest BCUT2D eigenvalue weighted by Gasteiger charge is 2.17. The van der Waals surface area contributed by atoms with E-state index in [1.54, 1.807) is 6.08 Å². The van der Waals surface area contributed by atoms with E-state index in [2.05, 4.69) is 129 Å². The summed E-state index contributed by atoms with van der Waals surface area (Å²) in [6.45, 7) is 4.17. The first-order valence-electron chi connectivity index (χ1n) is 27.2. The Morgan fingerprint density at radius 1 is 0.385 bits per heavy atom. The molecule has 0 rings (SSSR count). The smallest absolute Gasteiger partial charge is 0.220 e. The summed E-state index contributed by atoms with van der Waals surface area (Å²) >= 11 is 0. The predicted molar refractivity (Wildman–Crippen MR) is 289 cm³/mol. The molecule has 0 aliphatic rings. The van der Waals surface area contributed by atoms with Crippen LogP contribution in [-0.2, 0) is 4.79 Å². The van der Waals surface area contributed by atoms with Gasteiger partial charge in [-0.15, -0.1) is 0 Å². The number of allylic oxidation sites excluding steroid dienone is 19. The van der Waals surface area contributed by atoms with Crippen LogP contribution in [0, 0.1) is 0 Å². The van der Waals surface area contributed by atoms with Gasteiger partial charge in [-0.05, 0) is 103 Å². The topological polar surface area (TPSA) is 69.6 Å². The number of carbonyl (C=O) groups is 1. The summed E-state index contributed by atoms with van der Waals surface area (Å²) < 4.78 is 0. The number of rotatable bonds is 48. The molecule has 0 aromatic heterocycles. The quantitative estimate of drug-likeness (QED) is 0.0421. The van der Waals surface area contributed by atoms with Crippen LogP contribution in [0.3, 0.4) is 0 Å². The Balaban J connectivity index is 3.69. The number of amides is 1. The number of hydrogen-bond donors (Lipinski definition) is 3. The summed E-state index contributed by atoms with van der Waals surface area (Å²) in [5, 5.41) is 23.1. The summed E-state index contributed by atoms with van der Waals surface area (Å²) in [6, 6.07) is -0.667. The third-order valence-electron chi connectivity index (χ3n) is 11.7. The van der Waals surface area contributed by atoms with Crippen LogP contribution in [0.25, 0.3) is 0 Å². The molecule has 0 aromatic rings. The van der Waals surface area contributed by atoms with E-state index in [1.165, 1.54) is 122 Å². The third-order valence-corrected chi connectivity index (χ3v) is 11.7. The molecule has 0 bridgehead atoms. The van der Waals surface area contributed by atoms with Gasteiger partial charge in [-0.1, -0.05) is 251 Å². The van der Waals surface area contributed by atoms with E-state index in [0.717, 1.165) is 96.3 Å². The normalized spacial score (nSPS) is 13.8. The van der Waals surface area contributed by atoms with E-state index in [4.69, 9.17) is 0 Å². The Morgan fingerprint density at radius 3 is 1.08 bits per heavy atom. The molecule has 1 amide bonds. The minimum Gasteiger partial charge on any atom is -0.394 e. The van der Waals surface area contributed by atoms with Gasteiger partial charge < -0.3 is 15.5 Å². The Morgan fingerprint density at radius 2 is 0.692 bits per heavy atom. The molecule has 0 spiro atoms. The lowest BCUT2D eigenvalue weighted by Crippen LogP contribution is -2.45. The van der Waals surface area contributed by atoms with E-state index >= 15 is 0 Å². The first-order chi connectivity index (χ1) is 32.2. The highest BCUT2D eigenvalue weighted by atomic mass is 16.3. The van der Waals surface area contributed by atoms with Crippen molar-refractivity contribution in [1.82, 2.24) is 5.32 Å². The molecule has 0 aromatic carbocycles. The second kappa shape index (κ2) is 55.1. The molecular formula is C61H103NO3. The van der Waals surface area contributed by atoms with Gasteiger partial charge in [0.15, 0.2) is 0 Å². The fraction of sp³-hybridized carbons (Fsp3) is 0.656. The molecule has 0 aliphatic heterocycles. The minimum absolute atomic E-state index is 0.101. The van der Waals surface area contributed by atoms with Crippen molar-refractivity contribution in [3.8, 4) is 0 Å². The van der Waals surface area contributed by atoms with Crippen molar-refractivity contribution in [2.24, 2.45) is 0 Å². The molecule has 0 heterocycles. The Labute approximate surface area is 403 Å². The van der Waals surface area contributed by atoms with Crippen molar-refractivity contribution >= 4 is 5.91 Å². The lowest BCUT2D eigenvalue weighted by atomic mass is 10.0. The van der Waals surface area contributed by atoms with E-state index < -0.39 is 12.1 Å². The molecule has 4 heteroatoms. The monoisotopic (exact) mass is 898 g/mol. The average Bonchev–Trinajstić information content (AvgIpc) is 3.31. The maximum atomic E-state index is 12.5. The molecule has 0 saturated heterocycles. The van der Waals surface area contributed by atoms with E-state index in [9.17, 15) is 15.0 Å². The first kappa shape index (κ1) is 61.8. The van der Waals surface area contributed by atoms with Crippen LogP contribution < -0.4 is 5.32 Å². The lowest BCUT2D eigenvalue weighted by Gasteiger charge is -2.19. The largest absolute Gasteiger partial charge is 0.394 e. The fourth-order valence-electron chi connectivity index (χ4n) is 7.54. The zero-order chi connectivity index (χ0) is 47.0. The molecule has 4 nitrogen and oxygen atoms in total. The zero-order valence-electron chi connectivity index (χ0n) is 42.5. The zero-order valence-corrected chi connectivity index (χ0v) is 42.5. The Kier molecular flexibility index (Phi) is 52.4. The van der Waals surface area contributed by atoms with Gasteiger partial charge in [0.2, 0.25) is 5.91 Å². The molecular weight excluding hydrogens is 795 g/mol. The van der Waals surface area contributed by atoms with Crippen LogP contribution in [0.4, 0.5) is 0 Å².